The van der Waals surface area contributed by atoms with Gasteiger partial charge < -0.3 is 18.9 Å². The highest BCUT2D eigenvalue weighted by Gasteiger charge is 2.22. The van der Waals surface area contributed by atoms with Crippen LogP contribution in [0.15, 0.2) is 42.5 Å². The van der Waals surface area contributed by atoms with Gasteiger partial charge in [0.1, 0.15) is 5.75 Å². The van der Waals surface area contributed by atoms with Gasteiger partial charge in [0, 0.05) is 36.6 Å². The molecule has 0 aliphatic heterocycles. The molecule has 0 aliphatic carbocycles. The van der Waals surface area contributed by atoms with E-state index in [1.165, 1.54) is 0 Å². The predicted octanol–water partition coefficient (Wildman–Crippen LogP) is 4.19. The largest absolute Gasteiger partial charge is 0.497 e. The third kappa shape index (κ3) is 3.01. The average molecular weight is 352 g/mol. The molecular weight excluding hydrogens is 328 g/mol. The Morgan fingerprint density at radius 2 is 1.81 bits per heavy atom. The predicted molar refractivity (Wildman–Crippen MR) is 105 cm³/mol. The highest BCUT2D eigenvalue weighted by atomic mass is 16.5. The summed E-state index contributed by atoms with van der Waals surface area (Å²) in [7, 11) is 5.64. The Kier molecular flexibility index (Phi) is 4.89. The molecule has 1 aromatic heterocycles. The van der Waals surface area contributed by atoms with Crippen molar-refractivity contribution >= 4 is 22.6 Å². The third-order valence-corrected chi connectivity index (χ3v) is 4.52. The molecule has 0 aliphatic rings. The maximum Gasteiger partial charge on any atom is 0.340 e. The molecule has 1 heterocycles. The number of carbonyl (C=O) groups excluding carboxylic acids is 1. The van der Waals surface area contributed by atoms with Crippen LogP contribution >= 0.6 is 0 Å². The lowest BCUT2D eigenvalue weighted by Gasteiger charge is -2.14. The van der Waals surface area contributed by atoms with Crippen LogP contribution in [0.4, 0.5) is 5.69 Å². The molecule has 0 unspecified atom stereocenters. The van der Waals surface area contributed by atoms with Crippen molar-refractivity contribution in [2.75, 3.05) is 32.7 Å². The van der Waals surface area contributed by atoms with E-state index in [0.29, 0.717) is 17.9 Å². The molecule has 0 amide bonds. The van der Waals surface area contributed by atoms with Crippen molar-refractivity contribution in [1.29, 1.82) is 0 Å². The first-order valence-electron chi connectivity index (χ1n) is 8.61. The van der Waals surface area contributed by atoms with Gasteiger partial charge >= 0.3 is 5.97 Å². The Balaban J connectivity index is 2.25. The van der Waals surface area contributed by atoms with Gasteiger partial charge in [-0.2, -0.15) is 0 Å². The molecule has 5 heteroatoms. The lowest BCUT2D eigenvalue weighted by molar-refractivity contribution is 0.0527. The summed E-state index contributed by atoms with van der Waals surface area (Å²) >= 11 is 0. The minimum absolute atomic E-state index is 0.313. The van der Waals surface area contributed by atoms with Crippen LogP contribution in [-0.2, 0) is 4.74 Å². The van der Waals surface area contributed by atoms with E-state index < -0.39 is 0 Å². The van der Waals surface area contributed by atoms with Gasteiger partial charge in [0.25, 0.3) is 0 Å². The Labute approximate surface area is 153 Å². The van der Waals surface area contributed by atoms with Crippen molar-refractivity contribution in [2.24, 2.45) is 0 Å². The zero-order valence-corrected chi connectivity index (χ0v) is 15.9. The number of ether oxygens (including phenoxy) is 2. The zero-order valence-electron chi connectivity index (χ0n) is 15.9. The summed E-state index contributed by atoms with van der Waals surface area (Å²) in [5.74, 6) is 0.398. The molecule has 0 N–H and O–H groups in total. The number of methoxy groups -OCH3 is 1. The summed E-state index contributed by atoms with van der Waals surface area (Å²) < 4.78 is 12.7. The first kappa shape index (κ1) is 17.9. The zero-order chi connectivity index (χ0) is 18.8. The fourth-order valence-electron chi connectivity index (χ4n) is 3.22. The summed E-state index contributed by atoms with van der Waals surface area (Å²) in [5, 5.41) is 0.831. The maximum absolute atomic E-state index is 12.6. The molecular formula is C21H24N2O3. The maximum atomic E-state index is 12.6. The number of hydrogen-bond acceptors (Lipinski definition) is 4. The van der Waals surface area contributed by atoms with Crippen LogP contribution in [0.25, 0.3) is 16.6 Å². The van der Waals surface area contributed by atoms with Gasteiger partial charge in [0.05, 0.1) is 24.8 Å². The monoisotopic (exact) mass is 352 g/mol. The summed E-state index contributed by atoms with van der Waals surface area (Å²) in [6.45, 7) is 4.10. The Morgan fingerprint density at radius 1 is 1.12 bits per heavy atom. The van der Waals surface area contributed by atoms with Gasteiger partial charge in [-0.25, -0.2) is 4.79 Å². The van der Waals surface area contributed by atoms with E-state index in [-0.39, 0.29) is 5.97 Å². The standard InChI is InChI=1S/C21H24N2O3/c1-6-26-21(24)20-14(2)23(16-9-7-15(8-10-16)22(3)4)19-12-11-17(25-5)13-18(19)20/h7-13H,6H2,1-5H3. The summed E-state index contributed by atoms with van der Waals surface area (Å²) in [5.41, 5.74) is 4.50. The fourth-order valence-corrected chi connectivity index (χ4v) is 3.22. The molecule has 2 aromatic carbocycles. The van der Waals surface area contributed by atoms with Crippen molar-refractivity contribution < 1.29 is 14.3 Å². The Morgan fingerprint density at radius 3 is 2.38 bits per heavy atom. The molecule has 0 spiro atoms. The third-order valence-electron chi connectivity index (χ3n) is 4.52. The van der Waals surface area contributed by atoms with E-state index in [9.17, 15) is 4.79 Å². The normalized spacial score (nSPS) is 10.8. The summed E-state index contributed by atoms with van der Waals surface area (Å²) in [4.78, 5) is 14.6. The molecule has 0 radical (unpaired) electrons. The van der Waals surface area contributed by atoms with Crippen LogP contribution in [-0.4, -0.2) is 38.3 Å². The minimum Gasteiger partial charge on any atom is -0.497 e. The number of carbonyl (C=O) groups is 1. The van der Waals surface area contributed by atoms with E-state index in [4.69, 9.17) is 9.47 Å². The fraction of sp³-hybridized carbons (Fsp3) is 0.286. The van der Waals surface area contributed by atoms with Crippen molar-refractivity contribution in [3.05, 3.63) is 53.7 Å². The summed E-state index contributed by atoms with van der Waals surface area (Å²) in [6.07, 6.45) is 0. The van der Waals surface area contributed by atoms with Crippen molar-refractivity contribution in [2.45, 2.75) is 13.8 Å². The SMILES string of the molecule is CCOC(=O)c1c(C)n(-c2ccc(N(C)C)cc2)c2ccc(OC)cc12. The lowest BCUT2D eigenvalue weighted by Crippen LogP contribution is -2.09. The van der Waals surface area contributed by atoms with E-state index >= 15 is 0 Å². The number of hydrogen-bond donors (Lipinski definition) is 0. The highest BCUT2D eigenvalue weighted by molar-refractivity contribution is 6.07. The molecule has 0 atom stereocenters. The van der Waals surface area contributed by atoms with Crippen LogP contribution in [0.5, 0.6) is 5.75 Å². The van der Waals surface area contributed by atoms with Crippen molar-refractivity contribution in [1.82, 2.24) is 4.57 Å². The Hall–Kier alpha value is -2.95. The number of aromatic nitrogens is 1. The van der Waals surface area contributed by atoms with Crippen molar-refractivity contribution in [3.8, 4) is 11.4 Å². The highest BCUT2D eigenvalue weighted by Crippen LogP contribution is 2.33. The molecule has 3 rings (SSSR count). The van der Waals surface area contributed by atoms with Gasteiger partial charge in [-0.1, -0.05) is 0 Å². The number of anilines is 1. The van der Waals surface area contributed by atoms with Gasteiger partial charge in [0.2, 0.25) is 0 Å². The second kappa shape index (κ2) is 7.12. The molecule has 0 saturated carbocycles. The number of rotatable bonds is 5. The first-order chi connectivity index (χ1) is 12.5. The first-order valence-corrected chi connectivity index (χ1v) is 8.61. The van der Waals surface area contributed by atoms with Gasteiger partial charge in [-0.15, -0.1) is 0 Å². The Bertz CT molecular complexity index is 940. The van der Waals surface area contributed by atoms with E-state index in [2.05, 4.69) is 33.7 Å². The second-order valence-electron chi connectivity index (χ2n) is 6.31. The van der Waals surface area contributed by atoms with E-state index in [1.54, 1.807) is 7.11 Å². The van der Waals surface area contributed by atoms with Gasteiger partial charge in [-0.3, -0.25) is 0 Å². The molecule has 3 aromatic rings. The lowest BCUT2D eigenvalue weighted by atomic mass is 10.1. The molecule has 0 saturated heterocycles. The smallest absolute Gasteiger partial charge is 0.340 e. The second-order valence-corrected chi connectivity index (χ2v) is 6.31. The van der Waals surface area contributed by atoms with Crippen LogP contribution in [0.1, 0.15) is 23.0 Å². The minimum atomic E-state index is -0.313. The topological polar surface area (TPSA) is 43.7 Å². The van der Waals surface area contributed by atoms with Crippen molar-refractivity contribution in [3.63, 3.8) is 0 Å². The van der Waals surface area contributed by atoms with Crippen LogP contribution < -0.4 is 9.64 Å². The van der Waals surface area contributed by atoms with Crippen LogP contribution in [0.3, 0.4) is 0 Å². The summed E-state index contributed by atoms with van der Waals surface area (Å²) in [6, 6.07) is 14.0. The van der Waals surface area contributed by atoms with Gasteiger partial charge in [-0.05, 0) is 56.3 Å². The quantitative estimate of drug-likeness (QED) is 0.646. The van der Waals surface area contributed by atoms with E-state index in [0.717, 1.165) is 28.0 Å². The number of nitrogens with zero attached hydrogens (tertiary/aromatic N) is 2. The molecule has 0 fully saturated rings. The molecule has 5 nitrogen and oxygen atoms in total. The van der Waals surface area contributed by atoms with Gasteiger partial charge in [0.15, 0.2) is 0 Å². The number of esters is 1. The van der Waals surface area contributed by atoms with Crippen LogP contribution in [0, 0.1) is 6.92 Å². The van der Waals surface area contributed by atoms with Crippen LogP contribution in [0.2, 0.25) is 0 Å². The molecule has 136 valence electrons. The number of fused-ring (bicyclic) bond motifs is 1. The average Bonchev–Trinajstić information content (AvgIpc) is 2.92. The molecule has 0 bridgehead atoms. The molecule has 26 heavy (non-hydrogen) atoms. The number of benzene rings is 2. The van der Waals surface area contributed by atoms with E-state index in [1.807, 2.05) is 46.1 Å².